The molecular formula is C99H100. The van der Waals surface area contributed by atoms with Gasteiger partial charge in [0.1, 0.15) is 0 Å². The number of unbranched alkanes of at least 4 members (excludes halogenated alkanes) is 12. The SMILES string of the molecule is CCCCCCC1(CCCCCC)c2cc(C)ccc2-c2ccc(-c3cc(-c4ccccc4)c(-c4ccc5c(c4)C(CCCCCC)(CCCCCC)c4cc(-c6c(-c7ccccc7)ccc(-c7ccccc7)c6-c6ccccc6)ccc4-5)c(-c4ccccc4)c3-c3ccccc3)cc21. The zero-order chi connectivity index (χ0) is 67.6. The standard InChI is InChI=1S/C99H100/c1-6-10-14-36-62-98(63-37-15-11-7-2)89-66-71(5)52-56-83(89)84-57-53-78(67-90(84)98)88-70-87(74-44-28-20-29-45-74)96(97(77-50-34-23-35-51-77)94(88)76-48-32-22-33-49-76)80-55-59-86-85-58-54-79(68-91(85)99(92(86)69-80,64-38-16-12-8-3)65-39-17-13-9-4)95-82(73-42-26-19-27-43-73)61-60-81(72-40-24-18-25-41-72)93(95)75-46-30-21-31-47-75/h18-35,40-61,66-70H,6-17,36-39,62-65H2,1-5H3. The first-order valence-corrected chi connectivity index (χ1v) is 38.1. The molecule has 0 saturated heterocycles. The Morgan fingerprint density at radius 3 is 0.828 bits per heavy atom. The monoisotopic (exact) mass is 1290 g/mol. The third kappa shape index (κ3) is 13.3. The van der Waals surface area contributed by atoms with Crippen molar-refractivity contribution in [3.63, 3.8) is 0 Å². The van der Waals surface area contributed by atoms with Gasteiger partial charge < -0.3 is 0 Å². The molecule has 0 nitrogen and oxygen atoms in total. The highest BCUT2D eigenvalue weighted by molar-refractivity contribution is 6.09. The summed E-state index contributed by atoms with van der Waals surface area (Å²) in [6, 6.07) is 106. The van der Waals surface area contributed by atoms with Gasteiger partial charge in [-0.15, -0.1) is 0 Å². The van der Waals surface area contributed by atoms with Crippen LogP contribution in [-0.2, 0) is 10.8 Å². The van der Waals surface area contributed by atoms with E-state index in [2.05, 4.69) is 308 Å². The molecule has 0 bridgehead atoms. The van der Waals surface area contributed by atoms with Crippen molar-refractivity contribution in [2.75, 3.05) is 0 Å². The molecular weight excluding hydrogens is 1190 g/mol. The number of aryl methyl sites for hydroxylation is 1. The van der Waals surface area contributed by atoms with E-state index in [0.29, 0.717) is 0 Å². The quantitative estimate of drug-likeness (QED) is 0.0410. The van der Waals surface area contributed by atoms with E-state index in [1.807, 2.05) is 0 Å². The van der Waals surface area contributed by atoms with Crippen LogP contribution in [0.1, 0.15) is 184 Å². The number of benzene rings is 12. The predicted molar refractivity (Wildman–Crippen MR) is 428 cm³/mol. The van der Waals surface area contributed by atoms with Crippen LogP contribution in [0.2, 0.25) is 0 Å². The van der Waals surface area contributed by atoms with E-state index in [9.17, 15) is 0 Å². The average Bonchev–Trinajstić information content (AvgIpc) is 1.64. The lowest BCUT2D eigenvalue weighted by atomic mass is 9.69. The molecule has 0 heteroatoms. The number of fused-ring (bicyclic) bond motifs is 6. The normalized spacial score (nSPS) is 13.1. The first-order valence-electron chi connectivity index (χ1n) is 38.1. The summed E-state index contributed by atoms with van der Waals surface area (Å²) >= 11 is 0. The molecule has 0 atom stereocenters. The van der Waals surface area contributed by atoms with E-state index < -0.39 is 0 Å². The van der Waals surface area contributed by atoms with Gasteiger partial charge in [-0.05, 0) is 202 Å². The summed E-state index contributed by atoms with van der Waals surface area (Å²) in [6.45, 7) is 11.7. The molecule has 0 radical (unpaired) electrons. The van der Waals surface area contributed by atoms with Crippen LogP contribution in [0.25, 0.3) is 122 Å². The van der Waals surface area contributed by atoms with Gasteiger partial charge in [-0.25, -0.2) is 0 Å². The van der Waals surface area contributed by atoms with E-state index in [1.165, 1.54) is 260 Å². The first-order chi connectivity index (χ1) is 48.9. The molecule has 14 rings (SSSR count). The fraction of sp³-hybridized carbons (Fsp3) is 0.273. The predicted octanol–water partition coefficient (Wildman–Crippen LogP) is 29.4. The van der Waals surface area contributed by atoms with E-state index >= 15 is 0 Å². The van der Waals surface area contributed by atoms with Crippen molar-refractivity contribution in [1.82, 2.24) is 0 Å². The second-order valence-corrected chi connectivity index (χ2v) is 28.9. The maximum absolute atomic E-state index is 2.73. The second-order valence-electron chi connectivity index (χ2n) is 28.9. The Morgan fingerprint density at radius 2 is 0.455 bits per heavy atom. The van der Waals surface area contributed by atoms with Gasteiger partial charge in [-0.2, -0.15) is 0 Å². The third-order valence-electron chi connectivity index (χ3n) is 22.6. The van der Waals surface area contributed by atoms with Crippen LogP contribution in [0.3, 0.4) is 0 Å². The van der Waals surface area contributed by atoms with Gasteiger partial charge in [0.25, 0.3) is 0 Å². The lowest BCUT2D eigenvalue weighted by molar-refractivity contribution is 0.401. The maximum atomic E-state index is 2.73. The van der Waals surface area contributed by atoms with E-state index in [4.69, 9.17) is 0 Å². The molecule has 0 spiro atoms. The van der Waals surface area contributed by atoms with Crippen molar-refractivity contribution in [2.45, 2.75) is 174 Å². The van der Waals surface area contributed by atoms with Gasteiger partial charge in [0.2, 0.25) is 0 Å². The molecule has 99 heavy (non-hydrogen) atoms. The minimum Gasteiger partial charge on any atom is -0.0654 e. The van der Waals surface area contributed by atoms with Gasteiger partial charge in [-0.1, -0.05) is 385 Å². The smallest absolute Gasteiger partial charge is 0.0215 e. The Labute approximate surface area is 593 Å². The lowest BCUT2D eigenvalue weighted by Crippen LogP contribution is -2.26. The van der Waals surface area contributed by atoms with Gasteiger partial charge in [0, 0.05) is 10.8 Å². The van der Waals surface area contributed by atoms with Crippen LogP contribution in [-0.4, -0.2) is 0 Å². The van der Waals surface area contributed by atoms with Gasteiger partial charge in [0.15, 0.2) is 0 Å². The number of hydrogen-bond acceptors (Lipinski definition) is 0. The van der Waals surface area contributed by atoms with Crippen molar-refractivity contribution in [2.24, 2.45) is 0 Å². The van der Waals surface area contributed by atoms with E-state index in [0.717, 1.165) is 12.8 Å². The Bertz CT molecular complexity index is 4660. The summed E-state index contributed by atoms with van der Waals surface area (Å²) < 4.78 is 0. The Balaban J connectivity index is 1.03. The van der Waals surface area contributed by atoms with Crippen molar-refractivity contribution in [3.05, 3.63) is 301 Å². The molecule has 12 aromatic carbocycles. The molecule has 2 aliphatic carbocycles. The largest absolute Gasteiger partial charge is 0.0654 e. The highest BCUT2D eigenvalue weighted by Gasteiger charge is 2.45. The van der Waals surface area contributed by atoms with Gasteiger partial charge >= 0.3 is 0 Å². The summed E-state index contributed by atoms with van der Waals surface area (Å²) in [5.74, 6) is 0. The summed E-state index contributed by atoms with van der Waals surface area (Å²) in [5, 5.41) is 0. The maximum Gasteiger partial charge on any atom is 0.0215 e. The average molecular weight is 1290 g/mol. The van der Waals surface area contributed by atoms with Crippen molar-refractivity contribution in [1.29, 1.82) is 0 Å². The zero-order valence-electron chi connectivity index (χ0n) is 59.6. The molecule has 12 aromatic rings. The molecule has 2 aliphatic rings. The topological polar surface area (TPSA) is 0 Å². The van der Waals surface area contributed by atoms with Gasteiger partial charge in [0.05, 0.1) is 0 Å². The molecule has 0 saturated carbocycles. The van der Waals surface area contributed by atoms with Crippen LogP contribution >= 0.6 is 0 Å². The van der Waals surface area contributed by atoms with Crippen LogP contribution in [0.4, 0.5) is 0 Å². The summed E-state index contributed by atoms with van der Waals surface area (Å²) in [5.41, 5.74) is 35.5. The summed E-state index contributed by atoms with van der Waals surface area (Å²) in [7, 11) is 0. The van der Waals surface area contributed by atoms with E-state index in [-0.39, 0.29) is 10.8 Å². The van der Waals surface area contributed by atoms with Gasteiger partial charge in [-0.3, -0.25) is 0 Å². The Hall–Kier alpha value is -9.36. The minimum absolute atomic E-state index is 0.0611. The first kappa shape index (κ1) is 66.9. The number of hydrogen-bond donors (Lipinski definition) is 0. The minimum atomic E-state index is -0.239. The second kappa shape index (κ2) is 30.8. The molecule has 0 heterocycles. The molecule has 0 unspecified atom stereocenters. The lowest BCUT2D eigenvalue weighted by Gasteiger charge is -2.34. The van der Waals surface area contributed by atoms with E-state index in [1.54, 1.807) is 5.56 Å². The van der Waals surface area contributed by atoms with Crippen molar-refractivity contribution < 1.29 is 0 Å². The number of rotatable bonds is 29. The van der Waals surface area contributed by atoms with Crippen molar-refractivity contribution >= 4 is 0 Å². The molecule has 0 aromatic heterocycles. The summed E-state index contributed by atoms with van der Waals surface area (Å²) in [4.78, 5) is 0. The fourth-order valence-electron chi connectivity index (χ4n) is 17.7. The molecule has 0 fully saturated rings. The molecule has 0 aliphatic heterocycles. The Morgan fingerprint density at radius 1 is 0.192 bits per heavy atom. The molecule has 0 amide bonds. The van der Waals surface area contributed by atoms with Crippen LogP contribution in [0.15, 0.2) is 273 Å². The molecule has 0 N–H and O–H groups in total. The van der Waals surface area contributed by atoms with Crippen LogP contribution in [0.5, 0.6) is 0 Å². The van der Waals surface area contributed by atoms with Crippen LogP contribution in [0, 0.1) is 6.92 Å². The fourth-order valence-corrected chi connectivity index (χ4v) is 17.7. The highest BCUT2D eigenvalue weighted by Crippen LogP contribution is 2.60. The Kier molecular flexibility index (Phi) is 20.8. The van der Waals surface area contributed by atoms with Crippen LogP contribution < -0.4 is 0 Å². The zero-order valence-corrected chi connectivity index (χ0v) is 59.6. The molecule has 496 valence electrons. The van der Waals surface area contributed by atoms with Crippen molar-refractivity contribution in [3.8, 4) is 122 Å². The summed E-state index contributed by atoms with van der Waals surface area (Å²) in [6.07, 6.45) is 24.3. The highest BCUT2D eigenvalue weighted by atomic mass is 14.5. The third-order valence-corrected chi connectivity index (χ3v) is 22.6.